The normalized spacial score (nSPS) is 21.3. The molecule has 1 N–H and O–H groups in total. The standard InChI is InChI=1S/C11H21NO6S/c1-2-18-11(14)12(4-6-17-7-5-13)10-3-8-19(15,16)9-10/h10,13H,2-9H2,1H3/t10-/m1/s1. The first-order valence-electron chi connectivity index (χ1n) is 6.32. The summed E-state index contributed by atoms with van der Waals surface area (Å²) in [4.78, 5) is 13.2. The van der Waals surface area contributed by atoms with E-state index in [4.69, 9.17) is 14.6 Å². The summed E-state index contributed by atoms with van der Waals surface area (Å²) in [7, 11) is -3.05. The molecule has 0 aromatic rings. The molecule has 7 nitrogen and oxygen atoms in total. The van der Waals surface area contributed by atoms with E-state index in [0.717, 1.165) is 0 Å². The summed E-state index contributed by atoms with van der Waals surface area (Å²) in [6, 6.07) is -0.346. The molecule has 19 heavy (non-hydrogen) atoms. The van der Waals surface area contributed by atoms with Gasteiger partial charge in [-0.25, -0.2) is 13.2 Å². The molecule has 1 saturated heterocycles. The number of hydrogen-bond donors (Lipinski definition) is 1. The van der Waals surface area contributed by atoms with E-state index in [1.54, 1.807) is 6.92 Å². The Bertz CT molecular complexity index is 383. The molecule has 0 aromatic heterocycles. The zero-order valence-electron chi connectivity index (χ0n) is 11.1. The number of rotatable bonds is 7. The second-order valence-electron chi connectivity index (χ2n) is 4.29. The average molecular weight is 295 g/mol. The quantitative estimate of drug-likeness (QED) is 0.645. The molecule has 0 aliphatic carbocycles. The van der Waals surface area contributed by atoms with Gasteiger partial charge in [-0.1, -0.05) is 0 Å². The maximum Gasteiger partial charge on any atom is 0.410 e. The van der Waals surface area contributed by atoms with Crippen LogP contribution in [0.4, 0.5) is 4.79 Å². The number of carbonyl (C=O) groups is 1. The Morgan fingerprint density at radius 2 is 2.16 bits per heavy atom. The predicted octanol–water partition coefficient (Wildman–Crippen LogP) is -0.359. The number of amides is 1. The summed E-state index contributed by atoms with van der Waals surface area (Å²) in [5.74, 6) is 0.0802. The van der Waals surface area contributed by atoms with Gasteiger partial charge in [0.1, 0.15) is 0 Å². The van der Waals surface area contributed by atoms with Crippen molar-refractivity contribution < 1.29 is 27.8 Å². The minimum atomic E-state index is -3.05. The molecule has 1 atom stereocenters. The molecule has 8 heteroatoms. The Labute approximate surface area is 113 Å². The van der Waals surface area contributed by atoms with E-state index in [1.165, 1.54) is 4.90 Å². The third-order valence-electron chi connectivity index (χ3n) is 2.86. The van der Waals surface area contributed by atoms with Gasteiger partial charge in [0.25, 0.3) is 0 Å². The highest BCUT2D eigenvalue weighted by Gasteiger charge is 2.35. The fourth-order valence-corrected chi connectivity index (χ4v) is 3.71. The first-order chi connectivity index (χ1) is 9.00. The van der Waals surface area contributed by atoms with Gasteiger partial charge in [-0.2, -0.15) is 0 Å². The molecular weight excluding hydrogens is 274 g/mol. The molecule has 1 fully saturated rings. The third-order valence-corrected chi connectivity index (χ3v) is 4.61. The number of aliphatic hydroxyl groups excluding tert-OH is 1. The zero-order chi connectivity index (χ0) is 14.3. The van der Waals surface area contributed by atoms with Gasteiger partial charge in [-0.3, -0.25) is 0 Å². The van der Waals surface area contributed by atoms with Crippen LogP contribution in [0.15, 0.2) is 0 Å². The molecule has 0 saturated carbocycles. The third kappa shape index (κ3) is 5.33. The van der Waals surface area contributed by atoms with E-state index in [1.807, 2.05) is 0 Å². The maximum atomic E-state index is 11.8. The van der Waals surface area contributed by atoms with Crippen molar-refractivity contribution in [2.75, 3.05) is 44.5 Å². The van der Waals surface area contributed by atoms with Gasteiger partial charge in [0.15, 0.2) is 9.84 Å². The molecule has 1 aliphatic heterocycles. The van der Waals surface area contributed by atoms with Gasteiger partial charge in [0.2, 0.25) is 0 Å². The van der Waals surface area contributed by atoms with Crippen LogP contribution in [-0.4, -0.2) is 75.0 Å². The van der Waals surface area contributed by atoms with Crippen molar-refractivity contribution in [2.24, 2.45) is 0 Å². The van der Waals surface area contributed by atoms with Gasteiger partial charge in [0.05, 0.1) is 44.0 Å². The van der Waals surface area contributed by atoms with Gasteiger partial charge < -0.3 is 19.5 Å². The number of hydrogen-bond acceptors (Lipinski definition) is 6. The molecule has 0 aromatic carbocycles. The Balaban J connectivity index is 2.56. The van der Waals surface area contributed by atoms with Crippen molar-refractivity contribution in [3.8, 4) is 0 Å². The van der Waals surface area contributed by atoms with Crippen LogP contribution in [0.1, 0.15) is 13.3 Å². The van der Waals surface area contributed by atoms with Crippen molar-refractivity contribution in [1.82, 2.24) is 4.90 Å². The number of ether oxygens (including phenoxy) is 2. The van der Waals surface area contributed by atoms with E-state index < -0.39 is 15.9 Å². The number of carbonyl (C=O) groups excluding carboxylic acids is 1. The summed E-state index contributed by atoms with van der Waals surface area (Å²) >= 11 is 0. The average Bonchev–Trinajstić information content (AvgIpc) is 2.69. The summed E-state index contributed by atoms with van der Waals surface area (Å²) in [6.07, 6.45) is -0.0848. The maximum absolute atomic E-state index is 11.8. The SMILES string of the molecule is CCOC(=O)N(CCOCCO)[C@@H]1CCS(=O)(=O)C1. The molecule has 112 valence electrons. The summed E-state index contributed by atoms with van der Waals surface area (Å²) in [6.45, 7) is 2.56. The van der Waals surface area contributed by atoms with Gasteiger partial charge >= 0.3 is 6.09 Å². The Morgan fingerprint density at radius 1 is 1.42 bits per heavy atom. The van der Waals surface area contributed by atoms with E-state index in [9.17, 15) is 13.2 Å². The van der Waals surface area contributed by atoms with Crippen LogP contribution in [0.2, 0.25) is 0 Å². The monoisotopic (exact) mass is 295 g/mol. The fourth-order valence-electron chi connectivity index (χ4n) is 1.98. The van der Waals surface area contributed by atoms with Crippen LogP contribution in [0.25, 0.3) is 0 Å². The molecule has 0 unspecified atom stereocenters. The van der Waals surface area contributed by atoms with Crippen LogP contribution >= 0.6 is 0 Å². The molecule has 1 rings (SSSR count). The second kappa shape index (κ2) is 7.66. The Morgan fingerprint density at radius 3 is 2.68 bits per heavy atom. The lowest BCUT2D eigenvalue weighted by Crippen LogP contribution is -2.43. The lowest BCUT2D eigenvalue weighted by molar-refractivity contribution is 0.0533. The van der Waals surface area contributed by atoms with Crippen molar-refractivity contribution in [1.29, 1.82) is 0 Å². The molecule has 0 bridgehead atoms. The molecule has 1 amide bonds. The highest BCUT2D eigenvalue weighted by atomic mass is 32.2. The highest BCUT2D eigenvalue weighted by Crippen LogP contribution is 2.18. The summed E-state index contributed by atoms with van der Waals surface area (Å²) in [5.41, 5.74) is 0. The van der Waals surface area contributed by atoms with Crippen LogP contribution in [-0.2, 0) is 19.3 Å². The predicted molar refractivity (Wildman–Crippen MR) is 68.7 cm³/mol. The number of aliphatic hydroxyl groups is 1. The minimum absolute atomic E-state index is 0.0220. The van der Waals surface area contributed by atoms with Crippen LogP contribution in [0.5, 0.6) is 0 Å². The number of sulfone groups is 1. The zero-order valence-corrected chi connectivity index (χ0v) is 11.9. The van der Waals surface area contributed by atoms with E-state index in [2.05, 4.69) is 0 Å². The van der Waals surface area contributed by atoms with E-state index in [0.29, 0.717) is 6.42 Å². The first-order valence-corrected chi connectivity index (χ1v) is 8.14. The van der Waals surface area contributed by atoms with Crippen LogP contribution < -0.4 is 0 Å². The summed E-state index contributed by atoms with van der Waals surface area (Å²) < 4.78 is 33.0. The minimum Gasteiger partial charge on any atom is -0.450 e. The fraction of sp³-hybridized carbons (Fsp3) is 0.909. The Hall–Kier alpha value is -0.860. The van der Waals surface area contributed by atoms with Crippen molar-refractivity contribution in [2.45, 2.75) is 19.4 Å². The van der Waals surface area contributed by atoms with E-state index >= 15 is 0 Å². The number of nitrogens with zero attached hydrogens (tertiary/aromatic N) is 1. The van der Waals surface area contributed by atoms with Crippen molar-refractivity contribution in [3.05, 3.63) is 0 Å². The smallest absolute Gasteiger partial charge is 0.410 e. The summed E-state index contributed by atoms with van der Waals surface area (Å²) in [5, 5.41) is 8.60. The largest absolute Gasteiger partial charge is 0.450 e. The van der Waals surface area contributed by atoms with Crippen molar-refractivity contribution >= 4 is 15.9 Å². The van der Waals surface area contributed by atoms with Crippen LogP contribution in [0.3, 0.4) is 0 Å². The first kappa shape index (κ1) is 16.2. The molecule has 0 spiro atoms. The van der Waals surface area contributed by atoms with E-state index in [-0.39, 0.29) is 50.5 Å². The molecule has 1 aliphatic rings. The van der Waals surface area contributed by atoms with Gasteiger partial charge in [-0.15, -0.1) is 0 Å². The second-order valence-corrected chi connectivity index (χ2v) is 6.51. The molecular formula is C11H21NO6S. The lowest BCUT2D eigenvalue weighted by atomic mass is 10.2. The Kier molecular flexibility index (Phi) is 6.53. The van der Waals surface area contributed by atoms with Crippen molar-refractivity contribution in [3.63, 3.8) is 0 Å². The van der Waals surface area contributed by atoms with Gasteiger partial charge in [0, 0.05) is 6.54 Å². The molecule has 0 radical (unpaired) electrons. The lowest BCUT2D eigenvalue weighted by Gasteiger charge is -2.27. The highest BCUT2D eigenvalue weighted by molar-refractivity contribution is 7.91. The van der Waals surface area contributed by atoms with Crippen LogP contribution in [0, 0.1) is 0 Å². The topological polar surface area (TPSA) is 93.1 Å². The molecule has 1 heterocycles. The van der Waals surface area contributed by atoms with Gasteiger partial charge in [-0.05, 0) is 13.3 Å².